The number of ether oxygens (including phenoxy) is 1. The van der Waals surface area contributed by atoms with Gasteiger partial charge in [-0.05, 0) is 42.5 Å². The molecule has 0 saturated heterocycles. The van der Waals surface area contributed by atoms with Gasteiger partial charge in [0.15, 0.2) is 5.65 Å². The van der Waals surface area contributed by atoms with Gasteiger partial charge in [0.2, 0.25) is 0 Å². The average Bonchev–Trinajstić information content (AvgIpc) is 3.13. The van der Waals surface area contributed by atoms with Gasteiger partial charge in [0, 0.05) is 12.8 Å². The summed E-state index contributed by atoms with van der Waals surface area (Å²) >= 11 is 0. The van der Waals surface area contributed by atoms with E-state index in [0.29, 0.717) is 34.5 Å². The topological polar surface area (TPSA) is 101 Å². The van der Waals surface area contributed by atoms with Gasteiger partial charge in [-0.2, -0.15) is 5.10 Å². The second kappa shape index (κ2) is 8.14. The van der Waals surface area contributed by atoms with Crippen molar-refractivity contribution in [2.45, 2.75) is 27.0 Å². The summed E-state index contributed by atoms with van der Waals surface area (Å²) in [6, 6.07) is 15.8. The summed E-state index contributed by atoms with van der Waals surface area (Å²) in [5, 5.41) is 6.98. The summed E-state index contributed by atoms with van der Waals surface area (Å²) in [6.07, 6.45) is 1.42. The highest BCUT2D eigenvalue weighted by Crippen LogP contribution is 2.25. The van der Waals surface area contributed by atoms with Crippen LogP contribution in [0.1, 0.15) is 22.5 Å². The average molecular weight is 441 g/mol. The van der Waals surface area contributed by atoms with Crippen LogP contribution in [0, 0.1) is 13.8 Å². The fraction of sp³-hybridized carbons (Fsp3) is 0.200. The molecule has 0 aliphatic heterocycles. The molecule has 8 nitrogen and oxygen atoms in total. The van der Waals surface area contributed by atoms with Crippen LogP contribution in [-0.4, -0.2) is 31.4 Å². The van der Waals surface area contributed by atoms with Crippen LogP contribution in [0.25, 0.3) is 27.5 Å². The van der Waals surface area contributed by atoms with Crippen LogP contribution in [0.15, 0.2) is 59.7 Å². The van der Waals surface area contributed by atoms with Crippen molar-refractivity contribution in [3.8, 4) is 5.69 Å². The van der Waals surface area contributed by atoms with Crippen molar-refractivity contribution in [2.75, 3.05) is 12.8 Å². The second-order valence-corrected chi connectivity index (χ2v) is 8.10. The summed E-state index contributed by atoms with van der Waals surface area (Å²) in [5.41, 5.74) is 10.9. The Labute approximate surface area is 190 Å². The fourth-order valence-corrected chi connectivity index (χ4v) is 4.39. The van der Waals surface area contributed by atoms with Crippen molar-refractivity contribution in [1.82, 2.24) is 24.3 Å². The van der Waals surface area contributed by atoms with Gasteiger partial charge >= 0.3 is 0 Å². The number of aromatic nitrogens is 5. The van der Waals surface area contributed by atoms with Gasteiger partial charge in [-0.15, -0.1) is 0 Å². The molecule has 0 aliphatic rings. The highest BCUT2D eigenvalue weighted by molar-refractivity contribution is 5.88. The Bertz CT molecular complexity index is 1570. The SMILES string of the molecule is COCc1nn(Cc2cc3cccc(C)c3c(=O)n2-c2ccccc2C)c2ncnc(N)c12. The fourth-order valence-electron chi connectivity index (χ4n) is 4.39. The van der Waals surface area contributed by atoms with Crippen molar-refractivity contribution >= 4 is 27.6 Å². The van der Waals surface area contributed by atoms with Crippen LogP contribution in [-0.2, 0) is 17.9 Å². The van der Waals surface area contributed by atoms with Crippen LogP contribution >= 0.6 is 0 Å². The Morgan fingerprint density at radius 1 is 1.00 bits per heavy atom. The molecular formula is C25H24N6O2. The number of pyridine rings is 1. The molecule has 0 spiro atoms. The van der Waals surface area contributed by atoms with Crippen LogP contribution in [0.2, 0.25) is 0 Å². The van der Waals surface area contributed by atoms with E-state index in [0.717, 1.165) is 27.9 Å². The molecular weight excluding hydrogens is 416 g/mol. The Morgan fingerprint density at radius 3 is 2.58 bits per heavy atom. The molecule has 166 valence electrons. The maximum Gasteiger partial charge on any atom is 0.263 e. The Hall–Kier alpha value is -4.04. The van der Waals surface area contributed by atoms with E-state index >= 15 is 0 Å². The molecule has 3 heterocycles. The van der Waals surface area contributed by atoms with Crippen LogP contribution in [0.3, 0.4) is 0 Å². The van der Waals surface area contributed by atoms with E-state index in [9.17, 15) is 4.79 Å². The van der Waals surface area contributed by atoms with E-state index in [1.807, 2.05) is 62.4 Å². The first kappa shape index (κ1) is 20.8. The molecule has 0 bridgehead atoms. The van der Waals surface area contributed by atoms with E-state index in [4.69, 9.17) is 15.6 Å². The van der Waals surface area contributed by atoms with Gasteiger partial charge in [-0.3, -0.25) is 9.36 Å². The molecule has 0 aliphatic carbocycles. The number of aryl methyl sites for hydroxylation is 2. The Morgan fingerprint density at radius 2 is 1.79 bits per heavy atom. The normalized spacial score (nSPS) is 11.5. The van der Waals surface area contributed by atoms with Crippen molar-refractivity contribution in [3.63, 3.8) is 0 Å². The highest BCUT2D eigenvalue weighted by atomic mass is 16.5. The van der Waals surface area contributed by atoms with E-state index in [1.165, 1.54) is 6.33 Å². The predicted octanol–water partition coefficient (Wildman–Crippen LogP) is 3.52. The monoisotopic (exact) mass is 440 g/mol. The van der Waals surface area contributed by atoms with E-state index in [-0.39, 0.29) is 12.2 Å². The van der Waals surface area contributed by atoms with Crippen LogP contribution in [0.5, 0.6) is 0 Å². The summed E-state index contributed by atoms with van der Waals surface area (Å²) in [7, 11) is 1.60. The minimum atomic E-state index is -0.0578. The lowest BCUT2D eigenvalue weighted by Crippen LogP contribution is -2.25. The zero-order chi connectivity index (χ0) is 23.1. The first-order valence-electron chi connectivity index (χ1n) is 10.6. The summed E-state index contributed by atoms with van der Waals surface area (Å²) in [6.45, 7) is 4.57. The van der Waals surface area contributed by atoms with E-state index in [1.54, 1.807) is 16.4 Å². The molecule has 0 saturated carbocycles. The molecule has 5 aromatic rings. The molecule has 2 aromatic carbocycles. The van der Waals surface area contributed by atoms with Crippen molar-refractivity contribution in [3.05, 3.63) is 87.7 Å². The summed E-state index contributed by atoms with van der Waals surface area (Å²) in [4.78, 5) is 22.3. The number of hydrogen-bond acceptors (Lipinski definition) is 6. The maximum atomic E-state index is 13.8. The number of methoxy groups -OCH3 is 1. The minimum absolute atomic E-state index is 0.0578. The number of rotatable bonds is 5. The van der Waals surface area contributed by atoms with Gasteiger partial charge in [-0.1, -0.05) is 36.4 Å². The van der Waals surface area contributed by atoms with E-state index in [2.05, 4.69) is 9.97 Å². The quantitative estimate of drug-likeness (QED) is 0.449. The number of benzene rings is 2. The molecule has 33 heavy (non-hydrogen) atoms. The van der Waals surface area contributed by atoms with Gasteiger partial charge < -0.3 is 10.5 Å². The third-order valence-corrected chi connectivity index (χ3v) is 5.91. The zero-order valence-electron chi connectivity index (χ0n) is 18.7. The van der Waals surface area contributed by atoms with Gasteiger partial charge in [0.25, 0.3) is 5.56 Å². The number of nitrogens with zero attached hydrogens (tertiary/aromatic N) is 5. The Kier molecular flexibility index (Phi) is 5.14. The molecule has 0 radical (unpaired) electrons. The predicted molar refractivity (Wildman–Crippen MR) is 129 cm³/mol. The number of para-hydroxylation sites is 1. The second-order valence-electron chi connectivity index (χ2n) is 8.10. The first-order valence-corrected chi connectivity index (χ1v) is 10.6. The third-order valence-electron chi connectivity index (χ3n) is 5.91. The Balaban J connectivity index is 1.79. The first-order chi connectivity index (χ1) is 16.0. The molecule has 8 heteroatoms. The zero-order valence-corrected chi connectivity index (χ0v) is 18.7. The lowest BCUT2D eigenvalue weighted by Gasteiger charge is -2.17. The molecule has 3 aromatic heterocycles. The van der Waals surface area contributed by atoms with Gasteiger partial charge in [0.1, 0.15) is 17.8 Å². The number of nitrogen functional groups attached to an aromatic ring is 1. The van der Waals surface area contributed by atoms with Gasteiger partial charge in [-0.25, -0.2) is 14.6 Å². The van der Waals surface area contributed by atoms with Crippen LogP contribution < -0.4 is 11.3 Å². The standard InChI is InChI=1S/C25H24N6O2/c1-15-7-4-5-10-20(15)31-18(11-17-9-6-8-16(2)21(17)25(31)32)12-30-24-22(19(29-30)13-33-3)23(26)27-14-28-24/h4-11,14H,12-13H2,1-3H3,(H2,26,27,28). The highest BCUT2D eigenvalue weighted by Gasteiger charge is 2.19. The van der Waals surface area contributed by atoms with Crippen molar-refractivity contribution in [1.29, 1.82) is 0 Å². The summed E-state index contributed by atoms with van der Waals surface area (Å²) < 4.78 is 8.84. The third kappa shape index (κ3) is 3.44. The summed E-state index contributed by atoms with van der Waals surface area (Å²) in [5.74, 6) is 0.351. The number of hydrogen-bond donors (Lipinski definition) is 1. The molecule has 0 fully saturated rings. The number of fused-ring (bicyclic) bond motifs is 2. The molecule has 0 atom stereocenters. The van der Waals surface area contributed by atoms with Gasteiger partial charge in [0.05, 0.1) is 29.6 Å². The molecule has 0 amide bonds. The van der Waals surface area contributed by atoms with Crippen molar-refractivity contribution in [2.24, 2.45) is 0 Å². The molecule has 2 N–H and O–H groups in total. The number of nitrogens with two attached hydrogens (primary N) is 1. The largest absolute Gasteiger partial charge is 0.383 e. The smallest absolute Gasteiger partial charge is 0.263 e. The molecule has 5 rings (SSSR count). The minimum Gasteiger partial charge on any atom is -0.383 e. The number of anilines is 1. The molecule has 0 unspecified atom stereocenters. The van der Waals surface area contributed by atoms with Crippen LogP contribution in [0.4, 0.5) is 5.82 Å². The van der Waals surface area contributed by atoms with Crippen molar-refractivity contribution < 1.29 is 4.74 Å². The maximum absolute atomic E-state index is 13.8. The van der Waals surface area contributed by atoms with E-state index < -0.39 is 0 Å². The lowest BCUT2D eigenvalue weighted by molar-refractivity contribution is 0.182. The lowest BCUT2D eigenvalue weighted by atomic mass is 10.1.